The predicted octanol–water partition coefficient (Wildman–Crippen LogP) is 5.31. The van der Waals surface area contributed by atoms with Crippen LogP contribution in [0.15, 0.2) is 59.2 Å². The van der Waals surface area contributed by atoms with E-state index in [0.717, 1.165) is 33.2 Å². The third-order valence-corrected chi connectivity index (χ3v) is 6.17. The number of esters is 1. The van der Waals surface area contributed by atoms with Crippen LogP contribution in [-0.4, -0.2) is 43.6 Å². The lowest BCUT2D eigenvalue weighted by molar-refractivity contribution is -0.150. The first kappa shape index (κ1) is 22.6. The van der Waals surface area contributed by atoms with Crippen molar-refractivity contribution in [3.63, 3.8) is 0 Å². The van der Waals surface area contributed by atoms with Crippen molar-refractivity contribution in [3.8, 4) is 16.9 Å². The van der Waals surface area contributed by atoms with Crippen LogP contribution in [0.25, 0.3) is 27.7 Å². The molecule has 6 heteroatoms. The van der Waals surface area contributed by atoms with Gasteiger partial charge in [-0.15, -0.1) is 0 Å². The van der Waals surface area contributed by atoms with Crippen LogP contribution in [0, 0.1) is 5.92 Å². The van der Waals surface area contributed by atoms with Crippen LogP contribution in [-0.2, 0) is 14.3 Å². The van der Waals surface area contributed by atoms with Crippen molar-refractivity contribution in [1.82, 2.24) is 4.90 Å². The number of fused-ring (bicyclic) bond motifs is 1. The van der Waals surface area contributed by atoms with Gasteiger partial charge in [-0.1, -0.05) is 30.3 Å². The van der Waals surface area contributed by atoms with Crippen LogP contribution in [0.5, 0.6) is 5.75 Å². The average molecular weight is 448 g/mol. The van der Waals surface area contributed by atoms with Gasteiger partial charge in [-0.3, -0.25) is 9.59 Å². The number of allylic oxidation sites excluding steroid dienone is 1. The molecule has 0 atom stereocenters. The second kappa shape index (κ2) is 9.94. The molecule has 0 spiro atoms. The van der Waals surface area contributed by atoms with E-state index in [1.54, 1.807) is 24.3 Å². The van der Waals surface area contributed by atoms with Crippen LogP contribution in [0.3, 0.4) is 0 Å². The summed E-state index contributed by atoms with van der Waals surface area (Å²) in [6.07, 6.45) is 4.65. The lowest BCUT2D eigenvalue weighted by Gasteiger charge is -2.30. The molecular weight excluding hydrogens is 418 g/mol. The zero-order valence-corrected chi connectivity index (χ0v) is 19.3. The minimum atomic E-state index is -0.163. The SMILES string of the molecule is CCOC(=O)C1CCN(C(=O)/C=C(\C)c2cc3c(-c4ccccc4)coc3cc2OC)CC1. The van der Waals surface area contributed by atoms with E-state index in [-0.39, 0.29) is 17.8 Å². The fourth-order valence-corrected chi connectivity index (χ4v) is 4.32. The quantitative estimate of drug-likeness (QED) is 0.378. The second-order valence-corrected chi connectivity index (χ2v) is 8.24. The smallest absolute Gasteiger partial charge is 0.309 e. The Morgan fingerprint density at radius 3 is 2.55 bits per heavy atom. The third-order valence-electron chi connectivity index (χ3n) is 6.17. The molecule has 0 unspecified atom stereocenters. The second-order valence-electron chi connectivity index (χ2n) is 8.24. The Balaban J connectivity index is 1.57. The Kier molecular flexibility index (Phi) is 6.82. The Labute approximate surface area is 193 Å². The van der Waals surface area contributed by atoms with E-state index in [0.29, 0.717) is 38.3 Å². The standard InChI is InChI=1S/C27H29NO5/c1-4-32-27(30)20-10-12-28(13-11-20)26(29)14-18(2)21-15-22-23(19-8-6-5-7-9-19)17-33-25(22)16-24(21)31-3/h5-9,14-17,20H,4,10-13H2,1-3H3/b18-14+. The Bertz CT molecular complexity index is 1170. The monoisotopic (exact) mass is 447 g/mol. The number of benzene rings is 2. The van der Waals surface area contributed by atoms with E-state index in [1.807, 2.05) is 56.3 Å². The molecule has 1 aliphatic heterocycles. The topological polar surface area (TPSA) is 69.0 Å². The molecule has 1 fully saturated rings. The highest BCUT2D eigenvalue weighted by molar-refractivity contribution is 6.00. The third kappa shape index (κ3) is 4.80. The van der Waals surface area contributed by atoms with E-state index in [1.165, 1.54) is 0 Å². The van der Waals surface area contributed by atoms with Crippen LogP contribution >= 0.6 is 0 Å². The van der Waals surface area contributed by atoms with E-state index in [9.17, 15) is 9.59 Å². The number of carbonyl (C=O) groups is 2. The summed E-state index contributed by atoms with van der Waals surface area (Å²) in [5.41, 5.74) is 4.45. The number of piperidine rings is 1. The zero-order valence-electron chi connectivity index (χ0n) is 19.3. The molecule has 2 aromatic carbocycles. The number of ether oxygens (including phenoxy) is 2. The van der Waals surface area contributed by atoms with Gasteiger partial charge in [0.2, 0.25) is 5.91 Å². The normalized spacial score (nSPS) is 15.0. The number of methoxy groups -OCH3 is 1. The summed E-state index contributed by atoms with van der Waals surface area (Å²) in [5.74, 6) is 0.300. The summed E-state index contributed by atoms with van der Waals surface area (Å²) in [5, 5.41) is 0.965. The van der Waals surface area contributed by atoms with Gasteiger partial charge in [0.05, 0.1) is 25.9 Å². The minimum Gasteiger partial charge on any atom is -0.496 e. The minimum absolute atomic E-state index is 0.0626. The summed E-state index contributed by atoms with van der Waals surface area (Å²) in [4.78, 5) is 26.7. The molecule has 1 saturated heterocycles. The summed E-state index contributed by atoms with van der Waals surface area (Å²) >= 11 is 0. The van der Waals surface area contributed by atoms with Crippen molar-refractivity contribution < 1.29 is 23.5 Å². The lowest BCUT2D eigenvalue weighted by atomic mass is 9.96. The maximum atomic E-state index is 13.0. The Hall–Kier alpha value is -3.54. The van der Waals surface area contributed by atoms with Crippen LogP contribution in [0.1, 0.15) is 32.3 Å². The van der Waals surface area contributed by atoms with E-state index < -0.39 is 0 Å². The number of amides is 1. The van der Waals surface area contributed by atoms with Gasteiger partial charge in [0.25, 0.3) is 0 Å². The molecule has 0 bridgehead atoms. The first-order valence-corrected chi connectivity index (χ1v) is 11.3. The van der Waals surface area contributed by atoms with Gasteiger partial charge < -0.3 is 18.8 Å². The van der Waals surface area contributed by atoms with Gasteiger partial charge in [0, 0.05) is 41.7 Å². The molecule has 0 radical (unpaired) electrons. The van der Waals surface area contributed by atoms with Gasteiger partial charge in [0.1, 0.15) is 11.3 Å². The van der Waals surface area contributed by atoms with Crippen LogP contribution in [0.4, 0.5) is 0 Å². The molecule has 3 aromatic rings. The van der Waals surface area contributed by atoms with Gasteiger partial charge >= 0.3 is 5.97 Å². The summed E-state index contributed by atoms with van der Waals surface area (Å²) in [6, 6.07) is 13.9. The maximum absolute atomic E-state index is 13.0. The summed E-state index contributed by atoms with van der Waals surface area (Å²) < 4.78 is 16.5. The number of carbonyl (C=O) groups excluding carboxylic acids is 2. The van der Waals surface area contributed by atoms with Gasteiger partial charge in [-0.2, -0.15) is 0 Å². The molecule has 0 aliphatic carbocycles. The van der Waals surface area contributed by atoms with Crippen LogP contribution in [0.2, 0.25) is 0 Å². The highest BCUT2D eigenvalue weighted by Crippen LogP contribution is 2.37. The summed E-state index contributed by atoms with van der Waals surface area (Å²) in [6.45, 7) is 5.19. The maximum Gasteiger partial charge on any atom is 0.309 e. The zero-order chi connectivity index (χ0) is 23.4. The molecule has 1 aromatic heterocycles. The van der Waals surface area contributed by atoms with Crippen molar-refractivity contribution >= 4 is 28.4 Å². The van der Waals surface area contributed by atoms with Crippen molar-refractivity contribution in [2.75, 3.05) is 26.8 Å². The Morgan fingerprint density at radius 2 is 1.88 bits per heavy atom. The highest BCUT2D eigenvalue weighted by atomic mass is 16.5. The van der Waals surface area contributed by atoms with Gasteiger partial charge in [0.15, 0.2) is 0 Å². The molecule has 172 valence electrons. The highest BCUT2D eigenvalue weighted by Gasteiger charge is 2.27. The Morgan fingerprint density at radius 1 is 1.15 bits per heavy atom. The average Bonchev–Trinajstić information content (AvgIpc) is 3.26. The van der Waals surface area contributed by atoms with Gasteiger partial charge in [-0.05, 0) is 43.9 Å². The van der Waals surface area contributed by atoms with E-state index >= 15 is 0 Å². The molecule has 0 saturated carbocycles. The molecule has 4 rings (SSSR count). The molecule has 2 heterocycles. The van der Waals surface area contributed by atoms with Crippen molar-refractivity contribution in [3.05, 3.63) is 60.4 Å². The fraction of sp³-hybridized carbons (Fsp3) is 0.333. The predicted molar refractivity (Wildman–Crippen MR) is 128 cm³/mol. The molecule has 0 N–H and O–H groups in total. The van der Waals surface area contributed by atoms with Crippen LogP contribution < -0.4 is 4.74 Å². The van der Waals surface area contributed by atoms with Crippen molar-refractivity contribution in [2.24, 2.45) is 5.92 Å². The molecule has 1 amide bonds. The van der Waals surface area contributed by atoms with Crippen molar-refractivity contribution in [2.45, 2.75) is 26.7 Å². The first-order chi connectivity index (χ1) is 16.0. The number of nitrogens with zero attached hydrogens (tertiary/aromatic N) is 1. The number of likely N-dealkylation sites (tertiary alicyclic amines) is 1. The number of hydrogen-bond donors (Lipinski definition) is 0. The number of hydrogen-bond acceptors (Lipinski definition) is 5. The summed E-state index contributed by atoms with van der Waals surface area (Å²) in [7, 11) is 1.61. The largest absolute Gasteiger partial charge is 0.496 e. The van der Waals surface area contributed by atoms with Crippen molar-refractivity contribution in [1.29, 1.82) is 0 Å². The molecule has 1 aliphatic rings. The molecule has 33 heavy (non-hydrogen) atoms. The van der Waals surface area contributed by atoms with Gasteiger partial charge in [-0.25, -0.2) is 0 Å². The number of rotatable bonds is 6. The number of furan rings is 1. The first-order valence-electron chi connectivity index (χ1n) is 11.3. The molecular formula is C27H29NO5. The molecule has 6 nitrogen and oxygen atoms in total. The fourth-order valence-electron chi connectivity index (χ4n) is 4.32. The van der Waals surface area contributed by atoms with E-state index in [2.05, 4.69) is 0 Å². The lowest BCUT2D eigenvalue weighted by Crippen LogP contribution is -2.40. The van der Waals surface area contributed by atoms with E-state index in [4.69, 9.17) is 13.9 Å².